The second-order valence-corrected chi connectivity index (χ2v) is 6.68. The van der Waals surface area contributed by atoms with E-state index >= 15 is 0 Å². The van der Waals surface area contributed by atoms with Crippen LogP contribution in [0.4, 0.5) is 0 Å². The lowest BCUT2D eigenvalue weighted by atomic mass is 9.77. The Morgan fingerprint density at radius 3 is 2.47 bits per heavy atom. The number of hydrogen-bond donors (Lipinski definition) is 1. The van der Waals surface area contributed by atoms with Crippen LogP contribution in [-0.2, 0) is 6.42 Å². The Labute approximate surface area is 108 Å². The number of thiazole rings is 1. The van der Waals surface area contributed by atoms with Crippen molar-refractivity contribution in [1.82, 2.24) is 4.98 Å². The summed E-state index contributed by atoms with van der Waals surface area (Å²) < 4.78 is 0. The van der Waals surface area contributed by atoms with Crippen LogP contribution in [0.1, 0.15) is 54.6 Å². The summed E-state index contributed by atoms with van der Waals surface area (Å²) in [5, 5.41) is 11.6. The number of nitrogens with zero attached hydrogens (tertiary/aromatic N) is 1. The van der Waals surface area contributed by atoms with Gasteiger partial charge in [0.05, 0.1) is 16.8 Å². The second-order valence-electron chi connectivity index (χ2n) is 5.39. The van der Waals surface area contributed by atoms with Crippen LogP contribution in [0.25, 0.3) is 0 Å². The van der Waals surface area contributed by atoms with Gasteiger partial charge in [-0.25, -0.2) is 4.98 Å². The van der Waals surface area contributed by atoms with Crippen LogP contribution in [-0.4, -0.2) is 16.2 Å². The summed E-state index contributed by atoms with van der Waals surface area (Å²) in [6.45, 7) is 6.37. The Kier molecular flexibility index (Phi) is 3.88. The Hall–Kier alpha value is -0.410. The van der Waals surface area contributed by atoms with Crippen molar-refractivity contribution in [3.8, 4) is 0 Å². The Bertz CT molecular complexity index is 360. The Morgan fingerprint density at radius 1 is 1.35 bits per heavy atom. The molecule has 0 spiro atoms. The topological polar surface area (TPSA) is 33.1 Å². The molecule has 1 heterocycles. The SMILES string of the molecule is CCC1(C(O)Cc2nc(C)c(C)s2)CCCC1. The fourth-order valence-corrected chi connectivity index (χ4v) is 3.98. The molecular formula is C14H23NOS. The van der Waals surface area contributed by atoms with Crippen molar-refractivity contribution in [2.45, 2.75) is 65.4 Å². The lowest BCUT2D eigenvalue weighted by Crippen LogP contribution is -2.33. The van der Waals surface area contributed by atoms with Crippen LogP contribution in [0.3, 0.4) is 0 Å². The highest BCUT2D eigenvalue weighted by Gasteiger charge is 2.39. The first-order chi connectivity index (χ1) is 8.07. The Balaban J connectivity index is 2.07. The first-order valence-corrected chi connectivity index (χ1v) is 7.50. The van der Waals surface area contributed by atoms with Crippen LogP contribution >= 0.6 is 11.3 Å². The standard InChI is InChI=1S/C14H23NOS/c1-4-14(7-5-6-8-14)12(16)9-13-15-10(2)11(3)17-13/h12,16H,4-9H2,1-3H3. The molecule has 1 unspecified atom stereocenters. The average Bonchev–Trinajstić information content (AvgIpc) is 2.88. The van der Waals surface area contributed by atoms with Gasteiger partial charge in [0.1, 0.15) is 0 Å². The van der Waals surface area contributed by atoms with Gasteiger partial charge in [-0.2, -0.15) is 0 Å². The van der Waals surface area contributed by atoms with Crippen molar-refractivity contribution in [3.63, 3.8) is 0 Å². The van der Waals surface area contributed by atoms with Crippen molar-refractivity contribution in [1.29, 1.82) is 0 Å². The van der Waals surface area contributed by atoms with Crippen LogP contribution in [0, 0.1) is 19.3 Å². The fraction of sp³-hybridized carbons (Fsp3) is 0.786. The van der Waals surface area contributed by atoms with Crippen molar-refractivity contribution in [2.75, 3.05) is 0 Å². The number of rotatable bonds is 4. The quantitative estimate of drug-likeness (QED) is 0.888. The monoisotopic (exact) mass is 253 g/mol. The summed E-state index contributed by atoms with van der Waals surface area (Å²) in [4.78, 5) is 5.83. The molecule has 1 aromatic rings. The molecule has 1 saturated carbocycles. The van der Waals surface area contributed by atoms with Gasteiger partial charge >= 0.3 is 0 Å². The van der Waals surface area contributed by atoms with Gasteiger partial charge in [0.15, 0.2) is 0 Å². The average molecular weight is 253 g/mol. The van der Waals surface area contributed by atoms with Crippen LogP contribution < -0.4 is 0 Å². The lowest BCUT2D eigenvalue weighted by molar-refractivity contribution is 0.0257. The predicted molar refractivity (Wildman–Crippen MR) is 72.5 cm³/mol. The van der Waals surface area contributed by atoms with E-state index in [2.05, 4.69) is 18.8 Å². The highest BCUT2D eigenvalue weighted by atomic mass is 32.1. The van der Waals surface area contributed by atoms with Crippen molar-refractivity contribution in [3.05, 3.63) is 15.6 Å². The summed E-state index contributed by atoms with van der Waals surface area (Å²) in [5.74, 6) is 0. The molecule has 1 aromatic heterocycles. The normalized spacial score (nSPS) is 20.7. The molecule has 2 rings (SSSR count). The number of aliphatic hydroxyl groups is 1. The van der Waals surface area contributed by atoms with E-state index < -0.39 is 0 Å². The molecule has 0 amide bonds. The highest BCUT2D eigenvalue weighted by molar-refractivity contribution is 7.11. The number of aromatic nitrogens is 1. The van der Waals surface area contributed by atoms with Gasteiger partial charge in [-0.15, -0.1) is 11.3 Å². The van der Waals surface area contributed by atoms with Gasteiger partial charge in [-0.3, -0.25) is 0 Å². The predicted octanol–water partition coefficient (Wildman–Crippen LogP) is 3.63. The van der Waals surface area contributed by atoms with Gasteiger partial charge in [0.25, 0.3) is 0 Å². The molecule has 0 radical (unpaired) electrons. The Morgan fingerprint density at radius 2 is 2.00 bits per heavy atom. The number of hydrogen-bond acceptors (Lipinski definition) is 3. The maximum absolute atomic E-state index is 10.5. The van der Waals surface area contributed by atoms with Crippen LogP contribution in [0.5, 0.6) is 0 Å². The molecule has 1 atom stereocenters. The van der Waals surface area contributed by atoms with Crippen molar-refractivity contribution in [2.24, 2.45) is 5.41 Å². The van der Waals surface area contributed by atoms with Gasteiger partial charge < -0.3 is 5.11 Å². The number of aryl methyl sites for hydroxylation is 2. The molecule has 1 aliphatic rings. The molecular weight excluding hydrogens is 230 g/mol. The van der Waals surface area contributed by atoms with Crippen molar-refractivity contribution >= 4 is 11.3 Å². The minimum atomic E-state index is -0.208. The molecule has 2 nitrogen and oxygen atoms in total. The molecule has 17 heavy (non-hydrogen) atoms. The van der Waals surface area contributed by atoms with Crippen molar-refractivity contribution < 1.29 is 5.11 Å². The largest absolute Gasteiger partial charge is 0.392 e. The molecule has 96 valence electrons. The van der Waals surface area contributed by atoms with E-state index in [1.807, 2.05) is 6.92 Å². The van der Waals surface area contributed by atoms with E-state index in [4.69, 9.17) is 0 Å². The zero-order chi connectivity index (χ0) is 12.5. The molecule has 0 saturated heterocycles. The molecule has 1 N–H and O–H groups in total. The third-order valence-corrected chi connectivity index (χ3v) is 5.55. The van der Waals surface area contributed by atoms with Gasteiger partial charge in [0, 0.05) is 11.3 Å². The lowest BCUT2D eigenvalue weighted by Gasteiger charge is -2.32. The maximum Gasteiger partial charge on any atom is 0.0956 e. The molecule has 3 heteroatoms. The van der Waals surface area contributed by atoms with E-state index in [1.54, 1.807) is 11.3 Å². The van der Waals surface area contributed by atoms with Gasteiger partial charge in [-0.1, -0.05) is 19.8 Å². The first-order valence-electron chi connectivity index (χ1n) is 6.68. The minimum absolute atomic E-state index is 0.174. The summed E-state index contributed by atoms with van der Waals surface area (Å²) in [7, 11) is 0. The van der Waals surface area contributed by atoms with Gasteiger partial charge in [0.2, 0.25) is 0 Å². The van der Waals surface area contributed by atoms with E-state index in [-0.39, 0.29) is 11.5 Å². The zero-order valence-electron chi connectivity index (χ0n) is 11.1. The highest BCUT2D eigenvalue weighted by Crippen LogP contribution is 2.44. The third kappa shape index (κ3) is 2.55. The summed E-state index contributed by atoms with van der Waals surface area (Å²) >= 11 is 1.74. The minimum Gasteiger partial charge on any atom is -0.392 e. The zero-order valence-corrected chi connectivity index (χ0v) is 11.9. The molecule has 1 fully saturated rings. The molecule has 0 aliphatic heterocycles. The third-order valence-electron chi connectivity index (χ3n) is 4.45. The summed E-state index contributed by atoms with van der Waals surface area (Å²) in [5.41, 5.74) is 1.29. The second kappa shape index (κ2) is 5.07. The summed E-state index contributed by atoms with van der Waals surface area (Å²) in [6.07, 6.45) is 6.56. The van der Waals surface area contributed by atoms with E-state index in [0.29, 0.717) is 0 Å². The first kappa shape index (κ1) is 13.0. The smallest absolute Gasteiger partial charge is 0.0956 e. The number of aliphatic hydroxyl groups excluding tert-OH is 1. The molecule has 1 aliphatic carbocycles. The molecule has 0 bridgehead atoms. The van der Waals surface area contributed by atoms with E-state index in [0.717, 1.165) is 23.5 Å². The molecule has 0 aromatic carbocycles. The van der Waals surface area contributed by atoms with Crippen LogP contribution in [0.15, 0.2) is 0 Å². The fourth-order valence-electron chi connectivity index (χ4n) is 3.01. The van der Waals surface area contributed by atoms with E-state index in [9.17, 15) is 5.11 Å². The van der Waals surface area contributed by atoms with E-state index in [1.165, 1.54) is 30.6 Å². The summed E-state index contributed by atoms with van der Waals surface area (Å²) in [6, 6.07) is 0. The van der Waals surface area contributed by atoms with Gasteiger partial charge in [-0.05, 0) is 38.5 Å². The van der Waals surface area contributed by atoms with Crippen LogP contribution in [0.2, 0.25) is 0 Å². The maximum atomic E-state index is 10.5.